The molecule has 10 heteroatoms. The van der Waals surface area contributed by atoms with E-state index in [0.717, 1.165) is 37.6 Å². The maximum absolute atomic E-state index is 12.9. The van der Waals surface area contributed by atoms with Gasteiger partial charge in [-0.15, -0.1) is 0 Å². The van der Waals surface area contributed by atoms with Gasteiger partial charge in [-0.05, 0) is 51.5 Å². The third kappa shape index (κ3) is 5.96. The Bertz CT molecular complexity index is 948. The van der Waals surface area contributed by atoms with Crippen molar-refractivity contribution < 1.29 is 27.4 Å². The quantitative estimate of drug-likeness (QED) is 0.692. The Morgan fingerprint density at radius 2 is 1.85 bits per heavy atom. The summed E-state index contributed by atoms with van der Waals surface area (Å²) in [7, 11) is -3.42. The van der Waals surface area contributed by atoms with Gasteiger partial charge in [-0.3, -0.25) is 4.90 Å². The lowest BCUT2D eigenvalue weighted by atomic mass is 9.83. The lowest BCUT2D eigenvalue weighted by Gasteiger charge is -2.33. The molecule has 33 heavy (non-hydrogen) atoms. The Kier molecular flexibility index (Phi) is 7.45. The second kappa shape index (κ2) is 10.1. The van der Waals surface area contributed by atoms with E-state index in [-0.39, 0.29) is 25.4 Å². The van der Waals surface area contributed by atoms with Gasteiger partial charge in [-0.2, -0.15) is 0 Å². The van der Waals surface area contributed by atoms with Crippen LogP contribution < -0.4 is 9.46 Å². The first-order valence-corrected chi connectivity index (χ1v) is 13.7. The molecule has 0 spiro atoms. The molecule has 4 heterocycles. The van der Waals surface area contributed by atoms with E-state index >= 15 is 0 Å². The van der Waals surface area contributed by atoms with Crippen LogP contribution in [0.25, 0.3) is 0 Å². The summed E-state index contributed by atoms with van der Waals surface area (Å²) < 4.78 is 44.2. The number of aryl methyl sites for hydroxylation is 1. The van der Waals surface area contributed by atoms with Gasteiger partial charge in [0.15, 0.2) is 0 Å². The Labute approximate surface area is 196 Å². The van der Waals surface area contributed by atoms with Crippen LogP contribution in [0.4, 0.5) is 4.79 Å². The molecule has 1 amide bonds. The van der Waals surface area contributed by atoms with Crippen molar-refractivity contribution in [3.8, 4) is 5.88 Å². The monoisotopic (exact) mass is 481 g/mol. The minimum Gasteiger partial charge on any atom is -0.478 e. The molecular weight excluding hydrogens is 446 g/mol. The molecule has 0 aromatic carbocycles. The van der Waals surface area contributed by atoms with E-state index < -0.39 is 28.2 Å². The molecular formula is C23H35N3O6S. The molecule has 3 atom stereocenters. The first-order chi connectivity index (χ1) is 15.7. The maximum atomic E-state index is 12.9. The second-order valence-corrected chi connectivity index (χ2v) is 11.3. The molecule has 2 fully saturated rings. The van der Waals surface area contributed by atoms with Crippen LogP contribution in [0.3, 0.4) is 0 Å². The molecule has 1 aromatic heterocycles. The number of sulfonamides is 1. The van der Waals surface area contributed by atoms with Gasteiger partial charge in [0, 0.05) is 30.5 Å². The van der Waals surface area contributed by atoms with Crippen LogP contribution in [-0.2, 0) is 19.5 Å². The van der Waals surface area contributed by atoms with Crippen LogP contribution in [0.1, 0.15) is 62.6 Å². The minimum atomic E-state index is -3.42. The SMILES string of the molecule is Cc1ccc2nc1C1CCC(CC1)OCC1[C@@H](NS(C)(=O)=O)C[C@@H](C)N1C(=O)OCCCO2. The molecule has 5 rings (SSSR count). The predicted molar refractivity (Wildman–Crippen MR) is 123 cm³/mol. The molecule has 3 aliphatic heterocycles. The van der Waals surface area contributed by atoms with Gasteiger partial charge in [0.2, 0.25) is 15.9 Å². The fourth-order valence-corrected chi connectivity index (χ4v) is 6.10. The normalized spacial score (nSPS) is 31.4. The Morgan fingerprint density at radius 3 is 2.58 bits per heavy atom. The fraction of sp³-hybridized carbons (Fsp3) is 0.739. The number of aromatic nitrogens is 1. The van der Waals surface area contributed by atoms with Gasteiger partial charge < -0.3 is 14.2 Å². The average Bonchev–Trinajstić information content (AvgIpc) is 3.06. The Morgan fingerprint density at radius 1 is 1.12 bits per heavy atom. The molecule has 0 radical (unpaired) electrons. The molecule has 1 aromatic rings. The van der Waals surface area contributed by atoms with E-state index in [4.69, 9.17) is 19.2 Å². The average molecular weight is 482 g/mol. The number of nitrogens with one attached hydrogen (secondary N) is 1. The second-order valence-electron chi connectivity index (χ2n) is 9.53. The number of carbonyl (C=O) groups is 1. The van der Waals surface area contributed by atoms with E-state index in [0.29, 0.717) is 31.2 Å². The van der Waals surface area contributed by atoms with Gasteiger partial charge in [-0.1, -0.05) is 6.07 Å². The van der Waals surface area contributed by atoms with Crippen LogP contribution in [0.15, 0.2) is 12.1 Å². The first kappa shape index (κ1) is 24.2. The summed E-state index contributed by atoms with van der Waals surface area (Å²) in [6.07, 6.45) is 5.56. The van der Waals surface area contributed by atoms with Crippen LogP contribution in [0, 0.1) is 6.92 Å². The number of hydrogen-bond donors (Lipinski definition) is 1. The molecule has 184 valence electrons. The number of fused-ring (bicyclic) bond motifs is 8. The number of pyridine rings is 1. The van der Waals surface area contributed by atoms with Gasteiger partial charge in [0.25, 0.3) is 0 Å². The highest BCUT2D eigenvalue weighted by atomic mass is 32.2. The standard InChI is InChI=1S/C23H35N3O6S/c1-15-5-10-21-24-22(15)17-6-8-18(9-7-17)32-14-20-19(25-33(3,28)29)13-16(2)26(20)23(27)31-12-4-11-30-21/h5,10,16-20,25H,4,6-9,11-14H2,1-3H3/t16-,17?,18?,19+,20?/m1/s1. The maximum Gasteiger partial charge on any atom is 0.410 e. The molecule has 4 aliphatic rings. The van der Waals surface area contributed by atoms with Crippen molar-refractivity contribution in [1.82, 2.24) is 14.6 Å². The van der Waals surface area contributed by atoms with E-state index in [1.54, 1.807) is 4.90 Å². The van der Waals surface area contributed by atoms with Crippen molar-refractivity contribution in [3.63, 3.8) is 0 Å². The van der Waals surface area contributed by atoms with Crippen molar-refractivity contribution in [1.29, 1.82) is 0 Å². The highest BCUT2D eigenvalue weighted by molar-refractivity contribution is 7.88. The fourth-order valence-electron chi connectivity index (χ4n) is 5.30. The smallest absolute Gasteiger partial charge is 0.410 e. The molecule has 1 saturated carbocycles. The van der Waals surface area contributed by atoms with Crippen molar-refractivity contribution in [2.75, 3.05) is 26.1 Å². The first-order valence-electron chi connectivity index (χ1n) is 11.9. The number of carbonyl (C=O) groups excluding carboxylic acids is 1. The number of hydrogen-bond acceptors (Lipinski definition) is 7. The summed E-state index contributed by atoms with van der Waals surface area (Å²) >= 11 is 0. The predicted octanol–water partition coefficient (Wildman–Crippen LogP) is 2.73. The molecule has 1 unspecified atom stereocenters. The van der Waals surface area contributed by atoms with Gasteiger partial charge >= 0.3 is 6.09 Å². The molecule has 9 nitrogen and oxygen atoms in total. The van der Waals surface area contributed by atoms with Gasteiger partial charge in [0.1, 0.15) is 0 Å². The van der Waals surface area contributed by atoms with Gasteiger partial charge in [-0.25, -0.2) is 22.9 Å². The minimum absolute atomic E-state index is 0.0735. The van der Waals surface area contributed by atoms with Gasteiger partial charge in [0.05, 0.1) is 43.9 Å². The summed E-state index contributed by atoms with van der Waals surface area (Å²) in [5.41, 5.74) is 2.26. The van der Waals surface area contributed by atoms with E-state index in [1.165, 1.54) is 5.56 Å². The Balaban J connectivity index is 1.53. The number of ether oxygens (including phenoxy) is 3. The summed E-state index contributed by atoms with van der Waals surface area (Å²) in [5, 5.41) is 0. The highest BCUT2D eigenvalue weighted by Gasteiger charge is 2.44. The van der Waals surface area contributed by atoms with E-state index in [9.17, 15) is 13.2 Å². The summed E-state index contributed by atoms with van der Waals surface area (Å²) in [4.78, 5) is 19.3. The third-order valence-corrected chi connectivity index (χ3v) is 7.64. The van der Waals surface area contributed by atoms with Crippen LogP contribution in [-0.4, -0.2) is 74.7 Å². The number of amides is 1. The molecule has 1 aliphatic carbocycles. The number of rotatable bonds is 2. The largest absolute Gasteiger partial charge is 0.478 e. The summed E-state index contributed by atoms with van der Waals surface area (Å²) in [6, 6.07) is 2.97. The number of nitrogens with zero attached hydrogens (tertiary/aromatic N) is 2. The zero-order valence-corrected chi connectivity index (χ0v) is 20.5. The van der Waals surface area contributed by atoms with Crippen molar-refractivity contribution in [2.24, 2.45) is 0 Å². The van der Waals surface area contributed by atoms with E-state index in [1.807, 2.05) is 13.0 Å². The van der Waals surface area contributed by atoms with Crippen molar-refractivity contribution >= 4 is 16.1 Å². The van der Waals surface area contributed by atoms with Crippen LogP contribution >= 0.6 is 0 Å². The Hall–Kier alpha value is -1.91. The highest BCUT2D eigenvalue weighted by Crippen LogP contribution is 2.36. The molecule has 1 N–H and O–H groups in total. The topological polar surface area (TPSA) is 107 Å². The molecule has 4 bridgehead atoms. The van der Waals surface area contributed by atoms with Crippen LogP contribution in [0.5, 0.6) is 5.88 Å². The lowest BCUT2D eigenvalue weighted by Crippen LogP contribution is -2.50. The van der Waals surface area contributed by atoms with Crippen molar-refractivity contribution in [2.45, 2.75) is 82.5 Å². The zero-order valence-electron chi connectivity index (χ0n) is 19.7. The zero-order chi connectivity index (χ0) is 23.6. The molecule has 1 saturated heterocycles. The lowest BCUT2D eigenvalue weighted by molar-refractivity contribution is -0.0107. The van der Waals surface area contributed by atoms with Crippen molar-refractivity contribution in [3.05, 3.63) is 23.4 Å². The van der Waals surface area contributed by atoms with Crippen LogP contribution in [0.2, 0.25) is 0 Å². The summed E-state index contributed by atoms with van der Waals surface area (Å²) in [5.74, 6) is 0.976. The van der Waals surface area contributed by atoms with E-state index in [2.05, 4.69) is 17.7 Å². The summed E-state index contributed by atoms with van der Waals surface area (Å²) in [6.45, 7) is 4.88. The third-order valence-electron chi connectivity index (χ3n) is 6.91.